The Hall–Kier alpha value is -1.79. The number of H-pyrrole nitrogens is 1. The summed E-state index contributed by atoms with van der Waals surface area (Å²) in [7, 11) is 0. The van der Waals surface area contributed by atoms with Crippen molar-refractivity contribution in [1.29, 1.82) is 0 Å². The summed E-state index contributed by atoms with van der Waals surface area (Å²) in [5.74, 6) is -0.763. The Morgan fingerprint density at radius 1 is 1.41 bits per heavy atom. The number of rotatable bonds is 3. The van der Waals surface area contributed by atoms with Crippen LogP contribution in [0.4, 0.5) is 13.2 Å². The second-order valence-corrected chi connectivity index (χ2v) is 3.38. The summed E-state index contributed by atoms with van der Waals surface area (Å²) in [6.45, 7) is 0.0915. The van der Waals surface area contributed by atoms with Crippen LogP contribution in [0.3, 0.4) is 0 Å². The monoisotopic (exact) mass is 248 g/mol. The summed E-state index contributed by atoms with van der Waals surface area (Å²) in [5, 5.41) is 0. The third-order valence-corrected chi connectivity index (χ3v) is 2.07. The second-order valence-electron chi connectivity index (χ2n) is 3.38. The fourth-order valence-corrected chi connectivity index (χ4v) is 1.27. The van der Waals surface area contributed by atoms with Crippen LogP contribution < -0.4 is 5.56 Å². The van der Waals surface area contributed by atoms with Crippen molar-refractivity contribution in [2.24, 2.45) is 0 Å². The number of hydrogen-bond donors (Lipinski definition) is 1. The van der Waals surface area contributed by atoms with Gasteiger partial charge in [-0.05, 0) is 13.0 Å². The topological polar surface area (TPSA) is 53.2 Å². The minimum Gasteiger partial charge on any atom is -0.330 e. The summed E-state index contributed by atoms with van der Waals surface area (Å²) in [4.78, 5) is 25.3. The summed E-state index contributed by atoms with van der Waals surface area (Å²) in [5.41, 5.74) is -0.392. The molecular formula is C10H11F3N2O2. The van der Waals surface area contributed by atoms with Crippen LogP contribution in [0, 0.1) is 0 Å². The maximum absolute atomic E-state index is 12.2. The SMILES string of the molecule is CCN(CC(F)(F)F)C(=O)c1ccc(=O)[nH]c1. The molecule has 94 valence electrons. The molecule has 0 radical (unpaired) electrons. The van der Waals surface area contributed by atoms with E-state index in [1.54, 1.807) is 0 Å². The predicted octanol–water partition coefficient (Wildman–Crippen LogP) is 1.40. The molecule has 1 N–H and O–H groups in total. The number of pyridine rings is 1. The molecule has 1 aromatic rings. The molecule has 1 heterocycles. The van der Waals surface area contributed by atoms with Gasteiger partial charge in [-0.3, -0.25) is 9.59 Å². The molecule has 0 saturated carbocycles. The van der Waals surface area contributed by atoms with Crippen LogP contribution in [0.1, 0.15) is 17.3 Å². The molecule has 0 spiro atoms. The fraction of sp³-hybridized carbons (Fsp3) is 0.400. The van der Waals surface area contributed by atoms with Gasteiger partial charge in [0.1, 0.15) is 6.54 Å². The highest BCUT2D eigenvalue weighted by Crippen LogP contribution is 2.17. The van der Waals surface area contributed by atoms with Gasteiger partial charge in [-0.25, -0.2) is 0 Å². The maximum atomic E-state index is 12.2. The molecule has 1 rings (SSSR count). The Bertz CT molecular complexity index is 433. The first-order valence-electron chi connectivity index (χ1n) is 4.88. The Morgan fingerprint density at radius 2 is 2.06 bits per heavy atom. The number of aromatic amines is 1. The number of aromatic nitrogens is 1. The lowest BCUT2D eigenvalue weighted by atomic mass is 10.2. The van der Waals surface area contributed by atoms with Gasteiger partial charge in [-0.2, -0.15) is 13.2 Å². The predicted molar refractivity (Wildman–Crippen MR) is 54.7 cm³/mol. The molecule has 4 nitrogen and oxygen atoms in total. The Balaban J connectivity index is 2.86. The molecule has 0 bridgehead atoms. The van der Waals surface area contributed by atoms with Gasteiger partial charge >= 0.3 is 6.18 Å². The largest absolute Gasteiger partial charge is 0.406 e. The average molecular weight is 248 g/mol. The first kappa shape index (κ1) is 13.3. The molecule has 1 aromatic heterocycles. The number of alkyl halides is 3. The van der Waals surface area contributed by atoms with E-state index in [1.165, 1.54) is 13.0 Å². The van der Waals surface area contributed by atoms with Crippen molar-refractivity contribution in [2.45, 2.75) is 13.1 Å². The van der Waals surface area contributed by atoms with Crippen molar-refractivity contribution in [3.63, 3.8) is 0 Å². The van der Waals surface area contributed by atoms with E-state index in [0.717, 1.165) is 12.3 Å². The molecular weight excluding hydrogens is 237 g/mol. The lowest BCUT2D eigenvalue weighted by Gasteiger charge is -2.22. The molecule has 0 aliphatic rings. The smallest absolute Gasteiger partial charge is 0.330 e. The van der Waals surface area contributed by atoms with E-state index in [-0.39, 0.29) is 12.1 Å². The lowest BCUT2D eigenvalue weighted by Crippen LogP contribution is -2.38. The van der Waals surface area contributed by atoms with Crippen molar-refractivity contribution < 1.29 is 18.0 Å². The quantitative estimate of drug-likeness (QED) is 0.879. The van der Waals surface area contributed by atoms with Crippen LogP contribution in [-0.2, 0) is 0 Å². The van der Waals surface area contributed by atoms with Crippen molar-refractivity contribution in [1.82, 2.24) is 9.88 Å². The van der Waals surface area contributed by atoms with Gasteiger partial charge in [0.05, 0.1) is 5.56 Å². The van der Waals surface area contributed by atoms with Crippen molar-refractivity contribution >= 4 is 5.91 Å². The zero-order chi connectivity index (χ0) is 13.1. The molecule has 0 aromatic carbocycles. The maximum Gasteiger partial charge on any atom is 0.406 e. The van der Waals surface area contributed by atoms with Gasteiger partial charge in [0.15, 0.2) is 0 Å². The summed E-state index contributed by atoms with van der Waals surface area (Å²) in [6.07, 6.45) is -3.34. The van der Waals surface area contributed by atoms with E-state index in [9.17, 15) is 22.8 Å². The third-order valence-electron chi connectivity index (χ3n) is 2.07. The summed E-state index contributed by atoms with van der Waals surface area (Å²) < 4.78 is 36.5. The Kier molecular flexibility index (Phi) is 3.93. The van der Waals surface area contributed by atoms with E-state index in [1.807, 2.05) is 0 Å². The van der Waals surface area contributed by atoms with E-state index in [4.69, 9.17) is 0 Å². The van der Waals surface area contributed by atoms with Crippen LogP contribution >= 0.6 is 0 Å². The average Bonchev–Trinajstić information content (AvgIpc) is 2.25. The second kappa shape index (κ2) is 5.03. The highest BCUT2D eigenvalue weighted by Gasteiger charge is 2.32. The van der Waals surface area contributed by atoms with Gasteiger partial charge in [0, 0.05) is 18.8 Å². The number of carbonyl (C=O) groups excluding carboxylic acids is 1. The number of halogens is 3. The van der Waals surface area contributed by atoms with Crippen molar-refractivity contribution in [3.8, 4) is 0 Å². The fourth-order valence-electron chi connectivity index (χ4n) is 1.27. The molecule has 0 aliphatic heterocycles. The molecule has 0 saturated heterocycles. The first-order chi connectivity index (χ1) is 7.83. The van der Waals surface area contributed by atoms with Crippen LogP contribution in [0.25, 0.3) is 0 Å². The molecule has 0 fully saturated rings. The number of carbonyl (C=O) groups is 1. The number of nitrogens with one attached hydrogen (secondary N) is 1. The molecule has 7 heteroatoms. The van der Waals surface area contributed by atoms with Gasteiger partial charge < -0.3 is 9.88 Å². The Morgan fingerprint density at radius 3 is 2.47 bits per heavy atom. The lowest BCUT2D eigenvalue weighted by molar-refractivity contribution is -0.140. The van der Waals surface area contributed by atoms with Gasteiger partial charge in [0.2, 0.25) is 5.56 Å². The van der Waals surface area contributed by atoms with E-state index < -0.39 is 24.2 Å². The Labute approximate surface area is 95.1 Å². The zero-order valence-electron chi connectivity index (χ0n) is 9.04. The first-order valence-corrected chi connectivity index (χ1v) is 4.88. The highest BCUT2D eigenvalue weighted by atomic mass is 19.4. The van der Waals surface area contributed by atoms with Crippen molar-refractivity contribution in [2.75, 3.05) is 13.1 Å². The number of nitrogens with zero attached hydrogens (tertiary/aromatic N) is 1. The minimum absolute atomic E-state index is 0.0238. The molecule has 0 atom stereocenters. The van der Waals surface area contributed by atoms with Crippen molar-refractivity contribution in [3.05, 3.63) is 34.2 Å². The standard InChI is InChI=1S/C10H11F3N2O2/c1-2-15(6-10(11,12)13)9(17)7-3-4-8(16)14-5-7/h3-5H,2,6H2,1H3,(H,14,16). The van der Waals surface area contributed by atoms with Gasteiger partial charge in [-0.15, -0.1) is 0 Å². The zero-order valence-corrected chi connectivity index (χ0v) is 9.04. The van der Waals surface area contributed by atoms with E-state index in [2.05, 4.69) is 4.98 Å². The number of hydrogen-bond acceptors (Lipinski definition) is 2. The van der Waals surface area contributed by atoms with Crippen LogP contribution in [-0.4, -0.2) is 35.1 Å². The van der Waals surface area contributed by atoms with E-state index in [0.29, 0.717) is 4.90 Å². The molecule has 17 heavy (non-hydrogen) atoms. The van der Waals surface area contributed by atoms with Gasteiger partial charge in [-0.1, -0.05) is 0 Å². The molecule has 1 amide bonds. The molecule has 0 unspecified atom stereocenters. The number of amides is 1. The highest BCUT2D eigenvalue weighted by molar-refractivity contribution is 5.93. The third kappa shape index (κ3) is 3.93. The van der Waals surface area contributed by atoms with Crippen LogP contribution in [0.2, 0.25) is 0 Å². The van der Waals surface area contributed by atoms with Crippen LogP contribution in [0.15, 0.2) is 23.1 Å². The van der Waals surface area contributed by atoms with Crippen LogP contribution in [0.5, 0.6) is 0 Å². The van der Waals surface area contributed by atoms with E-state index >= 15 is 0 Å². The normalized spacial score (nSPS) is 11.3. The molecule has 0 aliphatic carbocycles. The summed E-state index contributed by atoms with van der Waals surface area (Å²) >= 11 is 0. The van der Waals surface area contributed by atoms with Gasteiger partial charge in [0.25, 0.3) is 5.91 Å². The summed E-state index contributed by atoms with van der Waals surface area (Å²) in [6, 6.07) is 2.29. The minimum atomic E-state index is -4.44.